The largest absolute Gasteiger partial charge is 0.370 e. The lowest BCUT2D eigenvalue weighted by Gasteiger charge is -2.36. The van der Waals surface area contributed by atoms with Gasteiger partial charge in [0.15, 0.2) is 0 Å². The smallest absolute Gasteiger partial charge is 0.0642 e. The lowest BCUT2D eigenvalue weighted by Crippen LogP contribution is -2.36. The Morgan fingerprint density at radius 3 is 2.52 bits per heavy atom. The highest BCUT2D eigenvalue weighted by molar-refractivity contribution is 6.33. The second-order valence-electron chi connectivity index (χ2n) is 6.93. The molecule has 0 saturated heterocycles. The van der Waals surface area contributed by atoms with Crippen LogP contribution in [0.2, 0.25) is 5.02 Å². The van der Waals surface area contributed by atoms with Gasteiger partial charge in [-0.2, -0.15) is 0 Å². The monoisotopic (exact) mass is 306 g/mol. The molecule has 0 amide bonds. The van der Waals surface area contributed by atoms with Crippen LogP contribution in [-0.2, 0) is 6.54 Å². The van der Waals surface area contributed by atoms with Crippen LogP contribution in [0.25, 0.3) is 0 Å². The second-order valence-corrected chi connectivity index (χ2v) is 7.33. The van der Waals surface area contributed by atoms with Gasteiger partial charge in [-0.3, -0.25) is 0 Å². The average molecular weight is 307 g/mol. The molecule has 2 fully saturated rings. The van der Waals surface area contributed by atoms with Crippen LogP contribution in [0, 0.1) is 5.92 Å². The topological polar surface area (TPSA) is 15.3 Å². The number of nitrogens with one attached hydrogen (secondary N) is 1. The summed E-state index contributed by atoms with van der Waals surface area (Å²) in [5.74, 6) is 0.886. The Balaban J connectivity index is 1.75. The van der Waals surface area contributed by atoms with Gasteiger partial charge in [-0.1, -0.05) is 30.7 Å². The van der Waals surface area contributed by atoms with Crippen molar-refractivity contribution in [1.82, 2.24) is 5.32 Å². The highest BCUT2D eigenvalue weighted by atomic mass is 35.5. The number of nitrogens with zero attached hydrogens (tertiary/aromatic N) is 1. The van der Waals surface area contributed by atoms with E-state index in [4.69, 9.17) is 11.6 Å². The number of hydrogen-bond donors (Lipinski definition) is 1. The zero-order valence-corrected chi connectivity index (χ0v) is 14.0. The lowest BCUT2D eigenvalue weighted by molar-refractivity contribution is 0.340. The lowest BCUT2D eigenvalue weighted by atomic mass is 9.86. The van der Waals surface area contributed by atoms with Gasteiger partial charge < -0.3 is 10.2 Å². The van der Waals surface area contributed by atoms with Gasteiger partial charge >= 0.3 is 0 Å². The summed E-state index contributed by atoms with van der Waals surface area (Å²) in [5, 5.41) is 4.51. The summed E-state index contributed by atoms with van der Waals surface area (Å²) in [7, 11) is 2.22. The molecule has 0 bridgehead atoms. The fraction of sp³-hybridized carbons (Fsp3) is 0.667. The molecule has 0 unspecified atom stereocenters. The Bertz CT molecular complexity index is 476. The zero-order chi connectivity index (χ0) is 14.8. The summed E-state index contributed by atoms with van der Waals surface area (Å²) in [6.07, 6.45) is 7.92. The summed E-state index contributed by atoms with van der Waals surface area (Å²) in [6, 6.07) is 7.70. The normalized spacial score (nSPS) is 25.9. The van der Waals surface area contributed by atoms with Crippen LogP contribution in [0.15, 0.2) is 18.2 Å². The zero-order valence-electron chi connectivity index (χ0n) is 13.2. The minimum atomic E-state index is 0.640. The predicted molar refractivity (Wildman–Crippen MR) is 91.1 cm³/mol. The SMILES string of the molecule is CC1CCC(N(C)c2c(Cl)cccc2CNC2CC2)CC1. The molecule has 1 aromatic rings. The molecule has 1 aromatic carbocycles. The molecule has 2 saturated carbocycles. The first-order chi connectivity index (χ1) is 10.1. The molecule has 2 aliphatic rings. The van der Waals surface area contributed by atoms with Crippen LogP contribution in [0.4, 0.5) is 5.69 Å². The minimum Gasteiger partial charge on any atom is -0.370 e. The van der Waals surface area contributed by atoms with Crippen molar-refractivity contribution in [2.75, 3.05) is 11.9 Å². The number of para-hydroxylation sites is 1. The first-order valence-electron chi connectivity index (χ1n) is 8.38. The third-order valence-electron chi connectivity index (χ3n) is 5.11. The van der Waals surface area contributed by atoms with E-state index in [-0.39, 0.29) is 0 Å². The first-order valence-corrected chi connectivity index (χ1v) is 8.76. The van der Waals surface area contributed by atoms with Gasteiger partial charge in [0.1, 0.15) is 0 Å². The minimum absolute atomic E-state index is 0.640. The molecule has 2 nitrogen and oxygen atoms in total. The molecular formula is C18H27ClN2. The van der Waals surface area contributed by atoms with Gasteiger partial charge in [-0.25, -0.2) is 0 Å². The Morgan fingerprint density at radius 2 is 1.86 bits per heavy atom. The van der Waals surface area contributed by atoms with Crippen LogP contribution in [-0.4, -0.2) is 19.1 Å². The Morgan fingerprint density at radius 1 is 1.14 bits per heavy atom. The summed E-state index contributed by atoms with van der Waals surface area (Å²) < 4.78 is 0. The van der Waals surface area contributed by atoms with E-state index < -0.39 is 0 Å². The van der Waals surface area contributed by atoms with Crippen LogP contribution in [0.3, 0.4) is 0 Å². The molecule has 116 valence electrons. The van der Waals surface area contributed by atoms with E-state index in [9.17, 15) is 0 Å². The molecule has 0 radical (unpaired) electrons. The van der Waals surface area contributed by atoms with Crippen LogP contribution in [0.5, 0.6) is 0 Å². The van der Waals surface area contributed by atoms with Crippen molar-refractivity contribution in [2.24, 2.45) is 5.92 Å². The third kappa shape index (κ3) is 3.73. The van der Waals surface area contributed by atoms with E-state index >= 15 is 0 Å². The summed E-state index contributed by atoms with van der Waals surface area (Å²) >= 11 is 6.53. The molecule has 2 aliphatic carbocycles. The van der Waals surface area contributed by atoms with Crippen LogP contribution >= 0.6 is 11.6 Å². The summed E-state index contributed by atoms with van der Waals surface area (Å²) in [4.78, 5) is 2.44. The van der Waals surface area contributed by atoms with E-state index in [1.54, 1.807) is 0 Å². The van der Waals surface area contributed by atoms with E-state index in [1.807, 2.05) is 6.07 Å². The van der Waals surface area contributed by atoms with E-state index in [2.05, 4.69) is 36.3 Å². The average Bonchev–Trinajstić information content (AvgIpc) is 3.29. The quantitative estimate of drug-likeness (QED) is 0.855. The maximum absolute atomic E-state index is 6.53. The summed E-state index contributed by atoms with van der Waals surface area (Å²) in [5.41, 5.74) is 2.59. The molecule has 0 aliphatic heterocycles. The van der Waals surface area contributed by atoms with Crippen molar-refractivity contribution >= 4 is 17.3 Å². The van der Waals surface area contributed by atoms with Crippen molar-refractivity contribution in [3.8, 4) is 0 Å². The number of anilines is 1. The highest BCUT2D eigenvalue weighted by Gasteiger charge is 2.25. The van der Waals surface area contributed by atoms with Gasteiger partial charge in [-0.15, -0.1) is 0 Å². The van der Waals surface area contributed by atoms with Crippen LogP contribution in [0.1, 0.15) is 51.0 Å². The van der Waals surface area contributed by atoms with E-state index in [0.717, 1.165) is 23.5 Å². The van der Waals surface area contributed by atoms with Gasteiger partial charge in [0.25, 0.3) is 0 Å². The van der Waals surface area contributed by atoms with Gasteiger partial charge in [0.05, 0.1) is 10.7 Å². The van der Waals surface area contributed by atoms with Crippen molar-refractivity contribution in [3.05, 3.63) is 28.8 Å². The van der Waals surface area contributed by atoms with E-state index in [1.165, 1.54) is 49.8 Å². The molecular weight excluding hydrogens is 280 g/mol. The molecule has 1 N–H and O–H groups in total. The molecule has 3 rings (SSSR count). The number of rotatable bonds is 5. The Hall–Kier alpha value is -0.730. The predicted octanol–water partition coefficient (Wildman–Crippen LogP) is 4.61. The maximum atomic E-state index is 6.53. The fourth-order valence-electron chi connectivity index (χ4n) is 3.45. The number of hydrogen-bond acceptors (Lipinski definition) is 2. The Labute approximate surface area is 133 Å². The second kappa shape index (κ2) is 6.58. The molecule has 3 heteroatoms. The fourth-order valence-corrected chi connectivity index (χ4v) is 3.78. The van der Waals surface area contributed by atoms with Crippen molar-refractivity contribution in [3.63, 3.8) is 0 Å². The standard InChI is InChI=1S/C18H27ClN2/c1-13-6-10-16(11-7-13)21(2)18-14(4-3-5-17(18)19)12-20-15-8-9-15/h3-5,13,15-16,20H,6-12H2,1-2H3. The van der Waals surface area contributed by atoms with Gasteiger partial charge in [0.2, 0.25) is 0 Å². The van der Waals surface area contributed by atoms with E-state index in [0.29, 0.717) is 6.04 Å². The third-order valence-corrected chi connectivity index (χ3v) is 5.42. The number of benzene rings is 1. The molecule has 0 atom stereocenters. The first kappa shape index (κ1) is 15.2. The molecule has 21 heavy (non-hydrogen) atoms. The number of halogens is 1. The molecule has 0 heterocycles. The van der Waals surface area contributed by atoms with Crippen LogP contribution < -0.4 is 10.2 Å². The van der Waals surface area contributed by atoms with Crippen molar-refractivity contribution < 1.29 is 0 Å². The van der Waals surface area contributed by atoms with Gasteiger partial charge in [-0.05, 0) is 56.1 Å². The van der Waals surface area contributed by atoms with Crippen molar-refractivity contribution in [1.29, 1.82) is 0 Å². The summed E-state index contributed by atoms with van der Waals surface area (Å²) in [6.45, 7) is 3.31. The molecule has 0 aromatic heterocycles. The molecule has 0 spiro atoms. The highest BCUT2D eigenvalue weighted by Crippen LogP contribution is 2.35. The maximum Gasteiger partial charge on any atom is 0.0642 e. The van der Waals surface area contributed by atoms with Crippen molar-refractivity contribution in [2.45, 2.75) is 64.1 Å². The Kier molecular flexibility index (Phi) is 4.75. The van der Waals surface area contributed by atoms with Gasteiger partial charge in [0, 0.05) is 25.7 Å².